The van der Waals surface area contributed by atoms with Crippen molar-refractivity contribution < 1.29 is 27.5 Å². The van der Waals surface area contributed by atoms with Crippen molar-refractivity contribution in [1.29, 1.82) is 0 Å². The summed E-state index contributed by atoms with van der Waals surface area (Å²) >= 11 is 0. The van der Waals surface area contributed by atoms with E-state index in [0.29, 0.717) is 6.42 Å². The number of esters is 2. The Morgan fingerprint density at radius 2 is 1.58 bits per heavy atom. The van der Waals surface area contributed by atoms with Gasteiger partial charge in [-0.2, -0.15) is 0 Å². The molecule has 6 nitrogen and oxygen atoms in total. The van der Waals surface area contributed by atoms with Crippen LogP contribution in [0, 0.1) is 0 Å². The van der Waals surface area contributed by atoms with Crippen LogP contribution >= 0.6 is 0 Å². The lowest BCUT2D eigenvalue weighted by Crippen LogP contribution is -2.31. The quantitative estimate of drug-likeness (QED) is 0.516. The third kappa shape index (κ3) is 10.5. The fourth-order valence-corrected chi connectivity index (χ4v) is 2.12. The molecular weight excluding hydrogens is 272 g/mol. The first-order valence-electron chi connectivity index (χ1n) is 6.13. The van der Waals surface area contributed by atoms with E-state index in [4.69, 9.17) is 9.47 Å². The second kappa shape index (κ2) is 7.47. The lowest BCUT2D eigenvalue weighted by Gasteiger charge is -2.19. The number of unbranched alkanes of at least 4 members (excludes halogenated alkanes) is 1. The van der Waals surface area contributed by atoms with E-state index in [1.165, 1.54) is 0 Å². The van der Waals surface area contributed by atoms with Crippen LogP contribution in [0.25, 0.3) is 0 Å². The SMILES string of the molecule is CCCCOC(=O)CS(=O)(=O)CC(=O)OC(C)(C)C. The largest absolute Gasteiger partial charge is 0.465 e. The molecule has 0 saturated carbocycles. The van der Waals surface area contributed by atoms with Crippen molar-refractivity contribution in [2.75, 3.05) is 18.1 Å². The summed E-state index contributed by atoms with van der Waals surface area (Å²) in [4.78, 5) is 22.6. The predicted octanol–water partition coefficient (Wildman–Crippen LogP) is 1.09. The molecule has 0 aliphatic rings. The summed E-state index contributed by atoms with van der Waals surface area (Å²) in [6.07, 6.45) is 1.52. The van der Waals surface area contributed by atoms with Gasteiger partial charge in [0, 0.05) is 0 Å². The van der Waals surface area contributed by atoms with E-state index >= 15 is 0 Å². The second-order valence-electron chi connectivity index (χ2n) is 5.19. The maximum Gasteiger partial charge on any atom is 0.321 e. The molecule has 112 valence electrons. The van der Waals surface area contributed by atoms with E-state index in [9.17, 15) is 18.0 Å². The molecule has 0 fully saturated rings. The van der Waals surface area contributed by atoms with Crippen LogP contribution in [-0.2, 0) is 28.9 Å². The highest BCUT2D eigenvalue weighted by molar-refractivity contribution is 7.92. The fourth-order valence-electron chi connectivity index (χ4n) is 1.15. The molecule has 0 aliphatic carbocycles. The minimum Gasteiger partial charge on any atom is -0.465 e. The van der Waals surface area contributed by atoms with Crippen LogP contribution in [0.2, 0.25) is 0 Å². The minimum atomic E-state index is -3.84. The average Bonchev–Trinajstić information content (AvgIpc) is 2.12. The fraction of sp³-hybridized carbons (Fsp3) is 0.833. The number of carbonyl (C=O) groups excluding carboxylic acids is 2. The zero-order chi connectivity index (χ0) is 15.1. The summed E-state index contributed by atoms with van der Waals surface area (Å²) < 4.78 is 32.8. The maximum absolute atomic E-state index is 11.6. The van der Waals surface area contributed by atoms with E-state index < -0.39 is 38.9 Å². The molecule has 0 radical (unpaired) electrons. The number of carbonyl (C=O) groups is 2. The van der Waals surface area contributed by atoms with Crippen LogP contribution in [0.1, 0.15) is 40.5 Å². The molecule has 0 heterocycles. The summed E-state index contributed by atoms with van der Waals surface area (Å²) in [6, 6.07) is 0. The third-order valence-corrected chi connectivity index (χ3v) is 3.21. The standard InChI is InChI=1S/C12H22O6S/c1-5-6-7-17-10(13)8-19(15,16)9-11(14)18-12(2,3)4/h5-9H2,1-4H3. The number of hydrogen-bond donors (Lipinski definition) is 0. The Morgan fingerprint density at radius 1 is 1.05 bits per heavy atom. The van der Waals surface area contributed by atoms with Crippen LogP contribution in [-0.4, -0.2) is 44.1 Å². The van der Waals surface area contributed by atoms with E-state index in [1.54, 1.807) is 20.8 Å². The van der Waals surface area contributed by atoms with Gasteiger partial charge in [0.15, 0.2) is 9.84 Å². The van der Waals surface area contributed by atoms with Gasteiger partial charge in [-0.25, -0.2) is 8.42 Å². The Bertz CT molecular complexity index is 404. The summed E-state index contributed by atoms with van der Waals surface area (Å²) in [7, 11) is -3.84. The molecule has 0 rings (SSSR count). The van der Waals surface area contributed by atoms with Crippen LogP contribution < -0.4 is 0 Å². The average molecular weight is 294 g/mol. The first kappa shape index (κ1) is 17.9. The molecule has 0 aliphatic heterocycles. The van der Waals surface area contributed by atoms with Crippen molar-refractivity contribution in [3.05, 3.63) is 0 Å². The van der Waals surface area contributed by atoms with Gasteiger partial charge in [-0.05, 0) is 27.2 Å². The monoisotopic (exact) mass is 294 g/mol. The first-order valence-corrected chi connectivity index (χ1v) is 7.96. The highest BCUT2D eigenvalue weighted by atomic mass is 32.2. The van der Waals surface area contributed by atoms with Gasteiger partial charge in [0.2, 0.25) is 0 Å². The van der Waals surface area contributed by atoms with Crippen LogP contribution in [0.15, 0.2) is 0 Å². The van der Waals surface area contributed by atoms with Gasteiger partial charge >= 0.3 is 11.9 Å². The molecule has 19 heavy (non-hydrogen) atoms. The minimum absolute atomic E-state index is 0.192. The van der Waals surface area contributed by atoms with E-state index in [0.717, 1.165) is 6.42 Å². The van der Waals surface area contributed by atoms with Gasteiger partial charge in [0.25, 0.3) is 0 Å². The first-order chi connectivity index (χ1) is 8.56. The Balaban J connectivity index is 4.25. The van der Waals surface area contributed by atoms with Gasteiger partial charge in [-0.3, -0.25) is 9.59 Å². The molecule has 0 atom stereocenters. The highest BCUT2D eigenvalue weighted by Crippen LogP contribution is 2.08. The van der Waals surface area contributed by atoms with Crippen molar-refractivity contribution in [3.63, 3.8) is 0 Å². The van der Waals surface area contributed by atoms with Crippen molar-refractivity contribution >= 4 is 21.8 Å². The Hall–Kier alpha value is -1.11. The van der Waals surface area contributed by atoms with Crippen LogP contribution in [0.4, 0.5) is 0 Å². The zero-order valence-electron chi connectivity index (χ0n) is 11.9. The maximum atomic E-state index is 11.6. The van der Waals surface area contributed by atoms with Gasteiger partial charge in [-0.15, -0.1) is 0 Å². The molecule has 0 N–H and O–H groups in total. The van der Waals surface area contributed by atoms with Crippen molar-refractivity contribution in [1.82, 2.24) is 0 Å². The van der Waals surface area contributed by atoms with Crippen molar-refractivity contribution in [2.45, 2.75) is 46.1 Å². The van der Waals surface area contributed by atoms with Gasteiger partial charge < -0.3 is 9.47 Å². The normalized spacial score (nSPS) is 12.0. The van der Waals surface area contributed by atoms with Crippen LogP contribution in [0.3, 0.4) is 0 Å². The Labute approximate surface area is 114 Å². The van der Waals surface area contributed by atoms with Gasteiger partial charge in [0.1, 0.15) is 17.1 Å². The summed E-state index contributed by atoms with van der Waals surface area (Å²) in [5.74, 6) is -3.31. The second-order valence-corrected chi connectivity index (χ2v) is 7.26. The van der Waals surface area contributed by atoms with Crippen LogP contribution in [0.5, 0.6) is 0 Å². The Kier molecular flexibility index (Phi) is 7.04. The molecule has 7 heteroatoms. The number of rotatable bonds is 7. The van der Waals surface area contributed by atoms with Crippen molar-refractivity contribution in [3.8, 4) is 0 Å². The molecule has 0 unspecified atom stereocenters. The molecule has 0 aromatic carbocycles. The van der Waals surface area contributed by atoms with Crippen molar-refractivity contribution in [2.24, 2.45) is 0 Å². The summed E-state index contributed by atoms with van der Waals surface area (Å²) in [6.45, 7) is 7.02. The smallest absolute Gasteiger partial charge is 0.321 e. The molecule has 0 spiro atoms. The van der Waals surface area contributed by atoms with E-state index in [1.807, 2.05) is 6.92 Å². The third-order valence-electron chi connectivity index (χ3n) is 1.86. The van der Waals surface area contributed by atoms with Gasteiger partial charge in [-0.1, -0.05) is 13.3 Å². The zero-order valence-corrected chi connectivity index (χ0v) is 12.7. The molecule has 0 saturated heterocycles. The van der Waals surface area contributed by atoms with Gasteiger partial charge in [0.05, 0.1) is 6.61 Å². The number of hydrogen-bond acceptors (Lipinski definition) is 6. The lowest BCUT2D eigenvalue weighted by molar-refractivity contribution is -0.151. The number of ether oxygens (including phenoxy) is 2. The molecular formula is C12H22O6S. The molecule has 0 bridgehead atoms. The Morgan fingerprint density at radius 3 is 2.05 bits per heavy atom. The summed E-state index contributed by atoms with van der Waals surface area (Å²) in [5.41, 5.74) is -0.756. The van der Waals surface area contributed by atoms with E-state index in [-0.39, 0.29) is 6.61 Å². The van der Waals surface area contributed by atoms with E-state index in [2.05, 4.69) is 0 Å². The topological polar surface area (TPSA) is 86.7 Å². The number of sulfone groups is 1. The lowest BCUT2D eigenvalue weighted by atomic mass is 10.2. The predicted molar refractivity (Wildman–Crippen MR) is 70.4 cm³/mol. The molecule has 0 amide bonds. The molecule has 0 aromatic rings. The summed E-state index contributed by atoms with van der Waals surface area (Å²) in [5, 5.41) is 0. The highest BCUT2D eigenvalue weighted by Gasteiger charge is 2.25. The molecule has 0 aromatic heterocycles.